The highest BCUT2D eigenvalue weighted by molar-refractivity contribution is 5.45. The summed E-state index contributed by atoms with van der Waals surface area (Å²) in [7, 11) is 1.73. The number of nitrogens with zero attached hydrogens (tertiary/aromatic N) is 3. The molecule has 1 aliphatic rings. The molecule has 1 fully saturated rings. The Bertz CT molecular complexity index is 368. The van der Waals surface area contributed by atoms with Gasteiger partial charge in [-0.3, -0.25) is 0 Å². The number of likely N-dealkylation sites (N-methyl/N-ethyl adjacent to an activating group) is 1. The SMILES string of the molecule is CCN(CCOC)c1ncncc1CNC1CC1. The minimum atomic E-state index is 0.701. The minimum Gasteiger partial charge on any atom is -0.383 e. The lowest BCUT2D eigenvalue weighted by Gasteiger charge is -2.23. The molecule has 0 spiro atoms. The first kappa shape index (κ1) is 13.2. The van der Waals surface area contributed by atoms with Crippen molar-refractivity contribution >= 4 is 5.82 Å². The zero-order valence-electron chi connectivity index (χ0n) is 11.2. The molecule has 100 valence electrons. The van der Waals surface area contributed by atoms with E-state index in [4.69, 9.17) is 4.74 Å². The van der Waals surface area contributed by atoms with E-state index in [0.717, 1.165) is 25.5 Å². The van der Waals surface area contributed by atoms with Crippen molar-refractivity contribution in [3.8, 4) is 0 Å². The maximum absolute atomic E-state index is 5.14. The van der Waals surface area contributed by atoms with Crippen LogP contribution in [0.3, 0.4) is 0 Å². The third-order valence-electron chi connectivity index (χ3n) is 3.17. The summed E-state index contributed by atoms with van der Waals surface area (Å²) in [4.78, 5) is 10.8. The predicted molar refractivity (Wildman–Crippen MR) is 71.7 cm³/mol. The monoisotopic (exact) mass is 250 g/mol. The van der Waals surface area contributed by atoms with Gasteiger partial charge in [0.25, 0.3) is 0 Å². The van der Waals surface area contributed by atoms with Gasteiger partial charge in [0.15, 0.2) is 0 Å². The van der Waals surface area contributed by atoms with Gasteiger partial charge in [-0.15, -0.1) is 0 Å². The largest absolute Gasteiger partial charge is 0.383 e. The van der Waals surface area contributed by atoms with E-state index < -0.39 is 0 Å². The van der Waals surface area contributed by atoms with Crippen LogP contribution in [0.5, 0.6) is 0 Å². The average molecular weight is 250 g/mol. The van der Waals surface area contributed by atoms with E-state index in [1.807, 2.05) is 6.20 Å². The molecule has 0 radical (unpaired) electrons. The molecular formula is C13H22N4O. The van der Waals surface area contributed by atoms with E-state index in [1.54, 1.807) is 13.4 Å². The molecule has 1 N–H and O–H groups in total. The number of ether oxygens (including phenoxy) is 1. The van der Waals surface area contributed by atoms with E-state index in [-0.39, 0.29) is 0 Å². The van der Waals surface area contributed by atoms with Gasteiger partial charge in [0.1, 0.15) is 12.1 Å². The number of hydrogen-bond acceptors (Lipinski definition) is 5. The first-order valence-electron chi connectivity index (χ1n) is 6.61. The summed E-state index contributed by atoms with van der Waals surface area (Å²) < 4.78 is 5.14. The highest BCUT2D eigenvalue weighted by Crippen LogP contribution is 2.21. The summed E-state index contributed by atoms with van der Waals surface area (Å²) in [6.45, 7) is 5.49. The smallest absolute Gasteiger partial charge is 0.136 e. The van der Waals surface area contributed by atoms with Crippen LogP contribution in [0.1, 0.15) is 25.3 Å². The number of rotatable bonds is 8. The van der Waals surface area contributed by atoms with Gasteiger partial charge in [0, 0.05) is 44.5 Å². The van der Waals surface area contributed by atoms with Crippen molar-refractivity contribution in [2.75, 3.05) is 31.7 Å². The minimum absolute atomic E-state index is 0.701. The summed E-state index contributed by atoms with van der Waals surface area (Å²) in [5, 5.41) is 3.51. The van der Waals surface area contributed by atoms with Crippen LogP contribution in [0.2, 0.25) is 0 Å². The molecule has 1 aromatic heterocycles. The molecular weight excluding hydrogens is 228 g/mol. The van der Waals surface area contributed by atoms with Crippen LogP contribution in [0.25, 0.3) is 0 Å². The van der Waals surface area contributed by atoms with Gasteiger partial charge in [0.2, 0.25) is 0 Å². The zero-order chi connectivity index (χ0) is 12.8. The van der Waals surface area contributed by atoms with E-state index in [9.17, 15) is 0 Å². The molecule has 0 amide bonds. The van der Waals surface area contributed by atoms with Crippen molar-refractivity contribution in [3.63, 3.8) is 0 Å². The Morgan fingerprint density at radius 3 is 3.00 bits per heavy atom. The van der Waals surface area contributed by atoms with Gasteiger partial charge < -0.3 is 15.0 Å². The van der Waals surface area contributed by atoms with Gasteiger partial charge in [-0.25, -0.2) is 9.97 Å². The van der Waals surface area contributed by atoms with Gasteiger partial charge in [-0.1, -0.05) is 0 Å². The molecule has 0 bridgehead atoms. The molecule has 18 heavy (non-hydrogen) atoms. The quantitative estimate of drug-likeness (QED) is 0.751. The fourth-order valence-corrected chi connectivity index (χ4v) is 1.92. The third-order valence-corrected chi connectivity index (χ3v) is 3.17. The summed E-state index contributed by atoms with van der Waals surface area (Å²) in [6.07, 6.45) is 6.12. The molecule has 1 aliphatic carbocycles. The summed E-state index contributed by atoms with van der Waals surface area (Å²) in [5.74, 6) is 1.03. The number of aromatic nitrogens is 2. The number of anilines is 1. The molecule has 2 rings (SSSR count). The Balaban J connectivity index is 2.02. The van der Waals surface area contributed by atoms with Gasteiger partial charge in [-0.2, -0.15) is 0 Å². The Labute approximate surface area is 109 Å². The van der Waals surface area contributed by atoms with E-state index in [2.05, 4.69) is 27.1 Å². The van der Waals surface area contributed by atoms with E-state index in [1.165, 1.54) is 18.4 Å². The molecule has 0 unspecified atom stereocenters. The van der Waals surface area contributed by atoms with E-state index >= 15 is 0 Å². The normalized spacial score (nSPS) is 14.8. The molecule has 1 aromatic rings. The molecule has 1 saturated carbocycles. The Kier molecular flexibility index (Phi) is 4.90. The predicted octanol–water partition coefficient (Wildman–Crippen LogP) is 1.20. The van der Waals surface area contributed by atoms with Gasteiger partial charge in [0.05, 0.1) is 6.61 Å². The highest BCUT2D eigenvalue weighted by Gasteiger charge is 2.21. The molecule has 5 heteroatoms. The Morgan fingerprint density at radius 2 is 2.33 bits per heavy atom. The summed E-state index contributed by atoms with van der Waals surface area (Å²) in [6, 6.07) is 0.701. The van der Waals surface area contributed by atoms with Crippen molar-refractivity contribution < 1.29 is 4.74 Å². The van der Waals surface area contributed by atoms with Crippen molar-refractivity contribution in [1.82, 2.24) is 15.3 Å². The lowest BCUT2D eigenvalue weighted by atomic mass is 10.2. The number of nitrogens with one attached hydrogen (secondary N) is 1. The van der Waals surface area contributed by atoms with Crippen LogP contribution >= 0.6 is 0 Å². The van der Waals surface area contributed by atoms with Crippen LogP contribution in [0.4, 0.5) is 5.82 Å². The maximum atomic E-state index is 5.14. The van der Waals surface area contributed by atoms with Crippen molar-refractivity contribution in [2.45, 2.75) is 32.4 Å². The average Bonchev–Trinajstić information content (AvgIpc) is 3.22. The Hall–Kier alpha value is -1.20. The molecule has 0 aromatic carbocycles. The molecule has 5 nitrogen and oxygen atoms in total. The second-order valence-electron chi connectivity index (χ2n) is 4.60. The van der Waals surface area contributed by atoms with Crippen LogP contribution in [0, 0.1) is 0 Å². The molecule has 0 saturated heterocycles. The number of hydrogen-bond donors (Lipinski definition) is 1. The van der Waals surface area contributed by atoms with Crippen molar-refractivity contribution in [2.24, 2.45) is 0 Å². The Morgan fingerprint density at radius 1 is 1.50 bits per heavy atom. The van der Waals surface area contributed by atoms with Crippen LogP contribution in [-0.2, 0) is 11.3 Å². The van der Waals surface area contributed by atoms with Crippen molar-refractivity contribution in [3.05, 3.63) is 18.1 Å². The molecule has 0 atom stereocenters. The first-order chi connectivity index (χ1) is 8.85. The van der Waals surface area contributed by atoms with Crippen LogP contribution < -0.4 is 10.2 Å². The second kappa shape index (κ2) is 6.66. The van der Waals surface area contributed by atoms with Gasteiger partial charge >= 0.3 is 0 Å². The number of methoxy groups -OCH3 is 1. The fourth-order valence-electron chi connectivity index (χ4n) is 1.92. The summed E-state index contributed by atoms with van der Waals surface area (Å²) in [5.41, 5.74) is 1.17. The summed E-state index contributed by atoms with van der Waals surface area (Å²) >= 11 is 0. The second-order valence-corrected chi connectivity index (χ2v) is 4.60. The lowest BCUT2D eigenvalue weighted by molar-refractivity contribution is 0.205. The highest BCUT2D eigenvalue weighted by atomic mass is 16.5. The van der Waals surface area contributed by atoms with E-state index in [0.29, 0.717) is 12.6 Å². The zero-order valence-corrected chi connectivity index (χ0v) is 11.2. The van der Waals surface area contributed by atoms with Crippen molar-refractivity contribution in [1.29, 1.82) is 0 Å². The first-order valence-corrected chi connectivity index (χ1v) is 6.61. The third kappa shape index (κ3) is 3.65. The maximum Gasteiger partial charge on any atom is 0.136 e. The van der Waals surface area contributed by atoms with Crippen LogP contribution in [0.15, 0.2) is 12.5 Å². The molecule has 0 aliphatic heterocycles. The topological polar surface area (TPSA) is 50.3 Å². The molecule has 1 heterocycles. The standard InChI is InChI=1S/C13H22N4O/c1-3-17(6-7-18-2)13-11(8-14-10-16-13)9-15-12-4-5-12/h8,10,12,15H,3-7,9H2,1-2H3. The van der Waals surface area contributed by atoms with Crippen LogP contribution in [-0.4, -0.2) is 42.8 Å². The fraction of sp³-hybridized carbons (Fsp3) is 0.692. The van der Waals surface area contributed by atoms with Gasteiger partial charge in [-0.05, 0) is 19.8 Å². The lowest BCUT2D eigenvalue weighted by Crippen LogP contribution is -2.30.